The Morgan fingerprint density at radius 1 is 0.963 bits per heavy atom. The zero-order valence-electron chi connectivity index (χ0n) is 14.6. The summed E-state index contributed by atoms with van der Waals surface area (Å²) >= 11 is 0. The molecule has 1 aromatic heterocycles. The van der Waals surface area contributed by atoms with E-state index in [0.29, 0.717) is 11.2 Å². The number of piperazine rings is 1. The third-order valence-electron chi connectivity index (χ3n) is 4.64. The van der Waals surface area contributed by atoms with Crippen LogP contribution in [-0.4, -0.2) is 31.2 Å². The van der Waals surface area contributed by atoms with Crippen LogP contribution >= 0.6 is 0 Å². The van der Waals surface area contributed by atoms with Gasteiger partial charge in [-0.1, -0.05) is 18.2 Å². The molecule has 0 atom stereocenters. The van der Waals surface area contributed by atoms with Crippen molar-refractivity contribution in [2.24, 2.45) is 0 Å². The Morgan fingerprint density at radius 2 is 1.67 bits per heavy atom. The lowest BCUT2D eigenvalue weighted by Crippen LogP contribution is -2.43. The molecule has 4 rings (SSSR count). The summed E-state index contributed by atoms with van der Waals surface area (Å²) in [7, 11) is 0. The monoisotopic (exact) mass is 372 g/mol. The molecule has 7 heteroatoms. The van der Waals surface area contributed by atoms with E-state index >= 15 is 0 Å². The van der Waals surface area contributed by atoms with E-state index in [1.807, 2.05) is 24.3 Å². The first-order valence-electron chi connectivity index (χ1n) is 8.80. The Hall–Kier alpha value is -2.80. The second-order valence-electron chi connectivity index (χ2n) is 6.48. The van der Waals surface area contributed by atoms with Crippen LogP contribution in [0.1, 0.15) is 5.56 Å². The predicted molar refractivity (Wildman–Crippen MR) is 102 cm³/mol. The van der Waals surface area contributed by atoms with Gasteiger partial charge in [-0.2, -0.15) is 13.2 Å². The molecule has 0 amide bonds. The van der Waals surface area contributed by atoms with Crippen molar-refractivity contribution in [3.63, 3.8) is 0 Å². The molecule has 1 aliphatic rings. The molecule has 3 aromatic rings. The van der Waals surface area contributed by atoms with E-state index in [0.717, 1.165) is 37.9 Å². The van der Waals surface area contributed by atoms with Gasteiger partial charge in [0.1, 0.15) is 5.82 Å². The van der Waals surface area contributed by atoms with Gasteiger partial charge in [0.15, 0.2) is 0 Å². The molecule has 1 aliphatic heterocycles. The van der Waals surface area contributed by atoms with Crippen LogP contribution in [0, 0.1) is 0 Å². The van der Waals surface area contributed by atoms with Crippen LogP contribution in [0.4, 0.5) is 30.4 Å². The van der Waals surface area contributed by atoms with Gasteiger partial charge in [-0.05, 0) is 36.4 Å². The van der Waals surface area contributed by atoms with Crippen LogP contribution in [0.5, 0.6) is 0 Å². The lowest BCUT2D eigenvalue weighted by atomic mass is 10.1. The maximum Gasteiger partial charge on any atom is 0.417 e. The number of rotatable bonds is 3. The van der Waals surface area contributed by atoms with Crippen molar-refractivity contribution in [2.45, 2.75) is 6.18 Å². The minimum absolute atomic E-state index is 0.101. The molecule has 1 saturated heterocycles. The number of aromatic nitrogens is 1. The van der Waals surface area contributed by atoms with Gasteiger partial charge >= 0.3 is 6.18 Å². The Balaban J connectivity index is 1.61. The van der Waals surface area contributed by atoms with Crippen molar-refractivity contribution >= 4 is 28.1 Å². The predicted octanol–water partition coefficient (Wildman–Crippen LogP) is 4.41. The van der Waals surface area contributed by atoms with Crippen molar-refractivity contribution in [3.8, 4) is 0 Å². The van der Waals surface area contributed by atoms with Gasteiger partial charge in [-0.15, -0.1) is 0 Å². The SMILES string of the molecule is FC(F)(F)c1cc(Nc2ccc(N3CCNCC3)cc2)nc2ccccc12. The van der Waals surface area contributed by atoms with E-state index in [-0.39, 0.29) is 11.2 Å². The molecule has 140 valence electrons. The minimum atomic E-state index is -4.44. The average molecular weight is 372 g/mol. The summed E-state index contributed by atoms with van der Waals surface area (Å²) in [5.74, 6) is 0.177. The second kappa shape index (κ2) is 7.08. The molecule has 0 unspecified atom stereocenters. The molecule has 2 aromatic carbocycles. The summed E-state index contributed by atoms with van der Waals surface area (Å²) in [6.07, 6.45) is -4.44. The maximum absolute atomic E-state index is 13.4. The highest BCUT2D eigenvalue weighted by Gasteiger charge is 2.33. The Kier molecular flexibility index (Phi) is 4.61. The van der Waals surface area contributed by atoms with E-state index in [2.05, 4.69) is 20.5 Å². The molecular formula is C20H19F3N4. The standard InChI is InChI=1S/C20H19F3N4/c21-20(22,23)17-13-19(26-18-4-2-1-3-16(17)18)25-14-5-7-15(8-6-14)27-11-9-24-10-12-27/h1-8,13,24H,9-12H2,(H,25,26). The van der Waals surface area contributed by atoms with Gasteiger partial charge in [0.2, 0.25) is 0 Å². The van der Waals surface area contributed by atoms with Crippen molar-refractivity contribution in [1.29, 1.82) is 0 Å². The molecule has 0 aliphatic carbocycles. The summed E-state index contributed by atoms with van der Waals surface area (Å²) in [5.41, 5.74) is 1.43. The largest absolute Gasteiger partial charge is 0.417 e. The molecule has 2 N–H and O–H groups in total. The third kappa shape index (κ3) is 3.83. The van der Waals surface area contributed by atoms with E-state index in [9.17, 15) is 13.2 Å². The number of nitrogens with zero attached hydrogens (tertiary/aromatic N) is 2. The number of nitrogens with one attached hydrogen (secondary N) is 2. The molecule has 0 bridgehead atoms. The first kappa shape index (κ1) is 17.6. The molecule has 2 heterocycles. The fourth-order valence-electron chi connectivity index (χ4n) is 3.30. The normalized spacial score (nSPS) is 15.1. The second-order valence-corrected chi connectivity index (χ2v) is 6.48. The first-order valence-corrected chi connectivity index (χ1v) is 8.80. The summed E-state index contributed by atoms with van der Waals surface area (Å²) in [6, 6.07) is 15.0. The number of para-hydroxylation sites is 1. The number of hydrogen-bond donors (Lipinski definition) is 2. The molecule has 0 radical (unpaired) electrons. The van der Waals surface area contributed by atoms with Crippen molar-refractivity contribution in [2.75, 3.05) is 36.4 Å². The van der Waals surface area contributed by atoms with Crippen LogP contribution < -0.4 is 15.5 Å². The quantitative estimate of drug-likeness (QED) is 0.715. The van der Waals surface area contributed by atoms with Crippen molar-refractivity contribution in [1.82, 2.24) is 10.3 Å². The zero-order chi connectivity index (χ0) is 18.9. The summed E-state index contributed by atoms with van der Waals surface area (Å²) < 4.78 is 40.3. The fourth-order valence-corrected chi connectivity index (χ4v) is 3.30. The molecule has 27 heavy (non-hydrogen) atoms. The van der Waals surface area contributed by atoms with Gasteiger partial charge in [-0.25, -0.2) is 4.98 Å². The Labute approximate surface area is 155 Å². The van der Waals surface area contributed by atoms with Crippen molar-refractivity contribution in [3.05, 3.63) is 60.2 Å². The number of hydrogen-bond acceptors (Lipinski definition) is 4. The summed E-state index contributed by atoms with van der Waals surface area (Å²) in [6.45, 7) is 3.77. The van der Waals surface area contributed by atoms with Crippen LogP contribution in [-0.2, 0) is 6.18 Å². The lowest BCUT2D eigenvalue weighted by molar-refractivity contribution is -0.136. The van der Waals surface area contributed by atoms with Gasteiger partial charge in [0.25, 0.3) is 0 Å². The first-order chi connectivity index (χ1) is 13.0. The minimum Gasteiger partial charge on any atom is -0.369 e. The van der Waals surface area contributed by atoms with Gasteiger partial charge in [-0.3, -0.25) is 0 Å². The molecule has 0 spiro atoms. The van der Waals surface area contributed by atoms with Gasteiger partial charge in [0.05, 0.1) is 11.1 Å². The number of alkyl halides is 3. The molecule has 0 saturated carbocycles. The molecular weight excluding hydrogens is 353 g/mol. The van der Waals surface area contributed by atoms with Crippen LogP contribution in [0.15, 0.2) is 54.6 Å². The summed E-state index contributed by atoms with van der Waals surface area (Å²) in [4.78, 5) is 6.60. The molecule has 4 nitrogen and oxygen atoms in total. The van der Waals surface area contributed by atoms with E-state index < -0.39 is 11.7 Å². The topological polar surface area (TPSA) is 40.2 Å². The van der Waals surface area contributed by atoms with Crippen LogP contribution in [0.2, 0.25) is 0 Å². The van der Waals surface area contributed by atoms with Gasteiger partial charge < -0.3 is 15.5 Å². The van der Waals surface area contributed by atoms with E-state index in [1.54, 1.807) is 18.2 Å². The highest BCUT2D eigenvalue weighted by molar-refractivity contribution is 5.85. The van der Waals surface area contributed by atoms with Gasteiger partial charge in [0, 0.05) is 42.9 Å². The third-order valence-corrected chi connectivity index (χ3v) is 4.64. The highest BCUT2D eigenvalue weighted by Crippen LogP contribution is 2.36. The van der Waals surface area contributed by atoms with Crippen LogP contribution in [0.25, 0.3) is 10.9 Å². The summed E-state index contributed by atoms with van der Waals surface area (Å²) in [5, 5.41) is 6.40. The van der Waals surface area contributed by atoms with E-state index in [4.69, 9.17) is 0 Å². The van der Waals surface area contributed by atoms with Crippen molar-refractivity contribution < 1.29 is 13.2 Å². The highest BCUT2D eigenvalue weighted by atomic mass is 19.4. The number of fused-ring (bicyclic) bond motifs is 1. The zero-order valence-corrected chi connectivity index (χ0v) is 14.6. The smallest absolute Gasteiger partial charge is 0.369 e. The Bertz CT molecular complexity index is 932. The number of benzene rings is 2. The van der Waals surface area contributed by atoms with E-state index in [1.165, 1.54) is 6.07 Å². The average Bonchev–Trinajstić information content (AvgIpc) is 2.68. The maximum atomic E-state index is 13.4. The Morgan fingerprint density at radius 3 is 2.37 bits per heavy atom. The number of anilines is 3. The fraction of sp³-hybridized carbons (Fsp3) is 0.250. The lowest BCUT2D eigenvalue weighted by Gasteiger charge is -2.29. The number of halogens is 3. The van der Waals surface area contributed by atoms with Crippen LogP contribution in [0.3, 0.4) is 0 Å². The molecule has 1 fully saturated rings. The number of pyridine rings is 1.